The quantitative estimate of drug-likeness (QED) is 0.605. The molecule has 1 aliphatic heterocycles. The van der Waals surface area contributed by atoms with E-state index in [1.807, 2.05) is 13.8 Å². The number of sulfone groups is 1. The van der Waals surface area contributed by atoms with Gasteiger partial charge >= 0.3 is 5.97 Å². The Morgan fingerprint density at radius 2 is 1.97 bits per heavy atom. The molecular weight excluding hydrogens is 410 g/mol. The topological polar surface area (TPSA) is 120 Å². The summed E-state index contributed by atoms with van der Waals surface area (Å²) in [6.45, 7) is 5.57. The second-order valence-electron chi connectivity index (χ2n) is 7.80. The highest BCUT2D eigenvalue weighted by atomic mass is 32.2. The lowest BCUT2D eigenvalue weighted by atomic mass is 10.1. The smallest absolute Gasteiger partial charge is 0.338 e. The molecule has 0 aliphatic carbocycles. The number of carbonyl (C=O) groups excluding carboxylic acids is 2. The molecule has 1 aromatic heterocycles. The van der Waals surface area contributed by atoms with E-state index in [9.17, 15) is 18.0 Å². The fourth-order valence-corrected chi connectivity index (χ4v) is 5.06. The van der Waals surface area contributed by atoms with Crippen molar-refractivity contribution in [2.45, 2.75) is 33.2 Å². The van der Waals surface area contributed by atoms with Gasteiger partial charge in [0, 0.05) is 18.2 Å². The first-order chi connectivity index (χ1) is 14.1. The third-order valence-corrected chi connectivity index (χ3v) is 6.50. The van der Waals surface area contributed by atoms with Crippen molar-refractivity contribution in [1.82, 2.24) is 15.0 Å². The number of hydrogen-bond acceptors (Lipinski definition) is 8. The largest absolute Gasteiger partial charge is 0.452 e. The third-order valence-electron chi connectivity index (χ3n) is 4.75. The maximum Gasteiger partial charge on any atom is 0.338 e. The van der Waals surface area contributed by atoms with E-state index in [1.165, 1.54) is 4.90 Å². The molecule has 9 nitrogen and oxygen atoms in total. The Bertz CT molecular complexity index is 1010. The molecule has 0 radical (unpaired) electrons. The summed E-state index contributed by atoms with van der Waals surface area (Å²) in [5.74, 6) is 0.0129. The Hall–Kier alpha value is -2.75. The van der Waals surface area contributed by atoms with Gasteiger partial charge in [-0.25, -0.2) is 13.2 Å². The monoisotopic (exact) mass is 435 g/mol. The van der Waals surface area contributed by atoms with Gasteiger partial charge in [0.25, 0.3) is 11.8 Å². The molecule has 2 aromatic rings. The van der Waals surface area contributed by atoms with Gasteiger partial charge in [-0.15, -0.1) is 0 Å². The zero-order valence-electron chi connectivity index (χ0n) is 17.2. The maximum absolute atomic E-state index is 12.7. The van der Waals surface area contributed by atoms with Crippen molar-refractivity contribution in [2.24, 2.45) is 5.92 Å². The van der Waals surface area contributed by atoms with Gasteiger partial charge < -0.3 is 14.2 Å². The second kappa shape index (κ2) is 8.95. The van der Waals surface area contributed by atoms with E-state index in [2.05, 4.69) is 10.1 Å². The van der Waals surface area contributed by atoms with E-state index >= 15 is 0 Å². The average molecular weight is 436 g/mol. The Kier molecular flexibility index (Phi) is 6.55. The SMILES string of the molecule is Cc1noc(-c2ccc(C(=O)OCC(=O)N(CC(C)C)C3CCS(=O)(=O)C3)cc2)n1. The number of ether oxygens (including phenoxy) is 1. The minimum absolute atomic E-state index is 0.0456. The highest BCUT2D eigenvalue weighted by molar-refractivity contribution is 7.91. The minimum Gasteiger partial charge on any atom is -0.452 e. The molecule has 0 bridgehead atoms. The molecule has 30 heavy (non-hydrogen) atoms. The van der Waals surface area contributed by atoms with Crippen molar-refractivity contribution in [3.63, 3.8) is 0 Å². The molecule has 1 aliphatic rings. The predicted molar refractivity (Wildman–Crippen MR) is 108 cm³/mol. The van der Waals surface area contributed by atoms with Crippen LogP contribution in [0.1, 0.15) is 36.5 Å². The van der Waals surface area contributed by atoms with Crippen LogP contribution in [0.2, 0.25) is 0 Å². The van der Waals surface area contributed by atoms with Gasteiger partial charge in [-0.1, -0.05) is 19.0 Å². The molecule has 162 valence electrons. The number of amides is 1. The van der Waals surface area contributed by atoms with Crippen molar-refractivity contribution < 1.29 is 27.3 Å². The molecule has 0 spiro atoms. The second-order valence-corrected chi connectivity index (χ2v) is 10.0. The van der Waals surface area contributed by atoms with Crippen LogP contribution in [0.3, 0.4) is 0 Å². The summed E-state index contributed by atoms with van der Waals surface area (Å²) in [6.07, 6.45) is 0.408. The highest BCUT2D eigenvalue weighted by Crippen LogP contribution is 2.20. The van der Waals surface area contributed by atoms with Crippen molar-refractivity contribution in [1.29, 1.82) is 0 Å². The van der Waals surface area contributed by atoms with Gasteiger partial charge in [-0.2, -0.15) is 4.98 Å². The van der Waals surface area contributed by atoms with Crippen LogP contribution in [0.15, 0.2) is 28.8 Å². The highest BCUT2D eigenvalue weighted by Gasteiger charge is 2.35. The van der Waals surface area contributed by atoms with Gasteiger partial charge in [-0.05, 0) is 43.5 Å². The van der Waals surface area contributed by atoms with Crippen LogP contribution in [0.4, 0.5) is 0 Å². The molecule has 2 heterocycles. The number of rotatable bonds is 7. The molecule has 1 fully saturated rings. The van der Waals surface area contributed by atoms with E-state index in [1.54, 1.807) is 31.2 Å². The average Bonchev–Trinajstić information content (AvgIpc) is 3.29. The molecule has 1 amide bonds. The normalized spacial score (nSPS) is 17.8. The van der Waals surface area contributed by atoms with Gasteiger partial charge in [0.15, 0.2) is 22.3 Å². The van der Waals surface area contributed by atoms with Crippen molar-refractivity contribution >= 4 is 21.7 Å². The summed E-state index contributed by atoms with van der Waals surface area (Å²) in [5, 5.41) is 3.72. The lowest BCUT2D eigenvalue weighted by Crippen LogP contribution is -2.45. The maximum atomic E-state index is 12.7. The molecule has 10 heteroatoms. The predicted octanol–water partition coefficient (Wildman–Crippen LogP) is 1.87. The van der Waals surface area contributed by atoms with Crippen LogP contribution in [0, 0.1) is 12.8 Å². The molecule has 1 unspecified atom stereocenters. The molecule has 1 aromatic carbocycles. The first kappa shape index (κ1) is 21.9. The summed E-state index contributed by atoms with van der Waals surface area (Å²) in [7, 11) is -3.13. The Morgan fingerprint density at radius 1 is 1.27 bits per heavy atom. The summed E-state index contributed by atoms with van der Waals surface area (Å²) in [6, 6.07) is 6.04. The van der Waals surface area contributed by atoms with E-state index in [4.69, 9.17) is 9.26 Å². The van der Waals surface area contributed by atoms with E-state index in [0.717, 1.165) is 0 Å². The molecule has 1 atom stereocenters. The van der Waals surface area contributed by atoms with Gasteiger partial charge in [0.2, 0.25) is 0 Å². The number of nitrogens with zero attached hydrogens (tertiary/aromatic N) is 3. The fraction of sp³-hybridized carbons (Fsp3) is 0.500. The lowest BCUT2D eigenvalue weighted by molar-refractivity contribution is -0.137. The van der Waals surface area contributed by atoms with Gasteiger partial charge in [0.1, 0.15) is 0 Å². The third kappa shape index (κ3) is 5.44. The lowest BCUT2D eigenvalue weighted by Gasteiger charge is -2.29. The minimum atomic E-state index is -3.13. The number of aryl methyl sites for hydroxylation is 1. The zero-order valence-corrected chi connectivity index (χ0v) is 18.0. The molecule has 1 saturated heterocycles. The zero-order chi connectivity index (χ0) is 21.9. The van der Waals surface area contributed by atoms with Crippen LogP contribution >= 0.6 is 0 Å². The van der Waals surface area contributed by atoms with E-state index < -0.39 is 28.3 Å². The summed E-state index contributed by atoms with van der Waals surface area (Å²) in [4.78, 5) is 30.7. The number of esters is 1. The van der Waals surface area contributed by atoms with Crippen LogP contribution in [-0.4, -0.2) is 66.0 Å². The first-order valence-electron chi connectivity index (χ1n) is 9.72. The molecule has 0 N–H and O–H groups in total. The van der Waals surface area contributed by atoms with Gasteiger partial charge in [-0.3, -0.25) is 4.79 Å². The van der Waals surface area contributed by atoms with Crippen molar-refractivity contribution in [2.75, 3.05) is 24.7 Å². The number of aromatic nitrogens is 2. The molecular formula is C20H25N3O6S. The van der Waals surface area contributed by atoms with E-state index in [0.29, 0.717) is 30.2 Å². The summed E-state index contributed by atoms with van der Waals surface area (Å²) < 4.78 is 33.9. The fourth-order valence-electron chi connectivity index (χ4n) is 3.33. The number of hydrogen-bond donors (Lipinski definition) is 0. The summed E-state index contributed by atoms with van der Waals surface area (Å²) >= 11 is 0. The number of benzene rings is 1. The van der Waals surface area contributed by atoms with Crippen LogP contribution in [0.5, 0.6) is 0 Å². The van der Waals surface area contributed by atoms with Gasteiger partial charge in [0.05, 0.1) is 17.1 Å². The Labute approximate surface area is 175 Å². The molecule has 0 saturated carbocycles. The first-order valence-corrected chi connectivity index (χ1v) is 11.5. The summed E-state index contributed by atoms with van der Waals surface area (Å²) in [5.41, 5.74) is 0.940. The van der Waals surface area contributed by atoms with Crippen LogP contribution in [-0.2, 0) is 19.4 Å². The Balaban J connectivity index is 1.61. The molecule has 3 rings (SSSR count). The van der Waals surface area contributed by atoms with E-state index in [-0.39, 0.29) is 29.0 Å². The Morgan fingerprint density at radius 3 is 2.50 bits per heavy atom. The number of carbonyl (C=O) groups is 2. The van der Waals surface area contributed by atoms with Crippen molar-refractivity contribution in [3.05, 3.63) is 35.7 Å². The van der Waals surface area contributed by atoms with Crippen molar-refractivity contribution in [3.8, 4) is 11.5 Å². The standard InChI is InChI=1S/C20H25N3O6S/c1-13(2)10-23(17-8-9-30(26,27)12-17)18(24)11-28-20(25)16-6-4-15(5-7-16)19-21-14(3)22-29-19/h4-7,13,17H,8-12H2,1-3H3. The van der Waals surface area contributed by atoms with Crippen LogP contribution in [0.25, 0.3) is 11.5 Å². The van der Waals surface area contributed by atoms with Crippen LogP contribution < -0.4 is 0 Å².